The second-order valence-corrected chi connectivity index (χ2v) is 4.72. The van der Waals surface area contributed by atoms with E-state index in [4.69, 9.17) is 13.9 Å². The van der Waals surface area contributed by atoms with E-state index in [-0.39, 0.29) is 23.5 Å². The zero-order valence-electron chi connectivity index (χ0n) is 12.5. The molecule has 0 aliphatic heterocycles. The molecule has 0 N–H and O–H groups in total. The molecule has 0 bridgehead atoms. The molecule has 22 heavy (non-hydrogen) atoms. The Morgan fingerprint density at radius 3 is 2.64 bits per heavy atom. The third-order valence-corrected chi connectivity index (χ3v) is 3.02. The molecule has 116 valence electrons. The number of hydrogen-bond donors (Lipinski definition) is 0. The average molecular weight is 304 g/mol. The molecule has 1 atom stereocenters. The molecular formula is C16H16O6. The molecule has 0 spiro atoms. The highest BCUT2D eigenvalue weighted by atomic mass is 16.6. The van der Waals surface area contributed by atoms with Crippen LogP contribution in [0.3, 0.4) is 0 Å². The standard InChI is InChI=1S/C16H16O6/c1-4-20-15(18)10(3)21-12-6-5-11-7-13(9(2)17)16(19)22-14(11)8-12/h5-8,10H,4H2,1-3H3. The first kappa shape index (κ1) is 15.8. The monoisotopic (exact) mass is 304 g/mol. The summed E-state index contributed by atoms with van der Waals surface area (Å²) in [5.41, 5.74) is -0.416. The summed E-state index contributed by atoms with van der Waals surface area (Å²) in [5.74, 6) is -0.463. The number of carbonyl (C=O) groups is 2. The minimum absolute atomic E-state index is 0.000981. The molecule has 1 aromatic heterocycles. The zero-order chi connectivity index (χ0) is 16.3. The van der Waals surface area contributed by atoms with Crippen molar-refractivity contribution < 1.29 is 23.5 Å². The van der Waals surface area contributed by atoms with Crippen LogP contribution in [0.5, 0.6) is 5.75 Å². The summed E-state index contributed by atoms with van der Waals surface area (Å²) in [5, 5.41) is 0.598. The Morgan fingerprint density at radius 1 is 1.27 bits per heavy atom. The van der Waals surface area contributed by atoms with Crippen LogP contribution in [0.2, 0.25) is 0 Å². The number of carbonyl (C=O) groups excluding carboxylic acids is 2. The van der Waals surface area contributed by atoms with Gasteiger partial charge in [0.15, 0.2) is 11.9 Å². The number of rotatable bonds is 5. The predicted molar refractivity (Wildman–Crippen MR) is 79.2 cm³/mol. The second-order valence-electron chi connectivity index (χ2n) is 4.72. The van der Waals surface area contributed by atoms with Crippen molar-refractivity contribution in [3.8, 4) is 5.75 Å². The highest BCUT2D eigenvalue weighted by Crippen LogP contribution is 2.21. The molecule has 2 aromatic rings. The van der Waals surface area contributed by atoms with Gasteiger partial charge in [0.25, 0.3) is 0 Å². The molecule has 0 radical (unpaired) electrons. The van der Waals surface area contributed by atoms with Crippen molar-refractivity contribution in [2.75, 3.05) is 6.61 Å². The summed E-state index contributed by atoms with van der Waals surface area (Å²) >= 11 is 0. The Balaban J connectivity index is 2.31. The van der Waals surface area contributed by atoms with Crippen molar-refractivity contribution in [1.82, 2.24) is 0 Å². The first-order valence-corrected chi connectivity index (χ1v) is 6.84. The molecule has 0 aliphatic carbocycles. The lowest BCUT2D eigenvalue weighted by molar-refractivity contribution is -0.150. The highest BCUT2D eigenvalue weighted by Gasteiger charge is 2.16. The lowest BCUT2D eigenvalue weighted by atomic mass is 10.1. The van der Waals surface area contributed by atoms with Crippen LogP contribution in [-0.2, 0) is 9.53 Å². The summed E-state index contributed by atoms with van der Waals surface area (Å²) < 4.78 is 15.4. The minimum atomic E-state index is -0.777. The topological polar surface area (TPSA) is 82.8 Å². The Bertz CT molecular complexity index is 774. The van der Waals surface area contributed by atoms with Gasteiger partial charge >= 0.3 is 11.6 Å². The first-order valence-electron chi connectivity index (χ1n) is 6.84. The van der Waals surface area contributed by atoms with Crippen LogP contribution in [0, 0.1) is 0 Å². The number of hydrogen-bond acceptors (Lipinski definition) is 6. The third kappa shape index (κ3) is 3.33. The van der Waals surface area contributed by atoms with Gasteiger partial charge in [0.05, 0.1) is 6.61 Å². The summed E-state index contributed by atoms with van der Waals surface area (Å²) in [6.45, 7) is 4.85. The van der Waals surface area contributed by atoms with Crippen LogP contribution >= 0.6 is 0 Å². The molecule has 0 amide bonds. The number of ether oxygens (including phenoxy) is 2. The van der Waals surface area contributed by atoms with E-state index in [0.717, 1.165) is 0 Å². The molecular weight excluding hydrogens is 288 g/mol. The first-order chi connectivity index (χ1) is 10.4. The van der Waals surface area contributed by atoms with Gasteiger partial charge in [-0.05, 0) is 39.0 Å². The molecule has 0 aliphatic rings. The van der Waals surface area contributed by atoms with Crippen LogP contribution in [0.1, 0.15) is 31.1 Å². The van der Waals surface area contributed by atoms with E-state index in [2.05, 4.69) is 0 Å². The van der Waals surface area contributed by atoms with Crippen molar-refractivity contribution in [3.63, 3.8) is 0 Å². The summed E-state index contributed by atoms with van der Waals surface area (Å²) in [7, 11) is 0. The van der Waals surface area contributed by atoms with Gasteiger partial charge in [-0.3, -0.25) is 4.79 Å². The highest BCUT2D eigenvalue weighted by molar-refractivity contribution is 5.96. The summed E-state index contributed by atoms with van der Waals surface area (Å²) in [6, 6.07) is 6.25. The van der Waals surface area contributed by atoms with Crippen LogP contribution < -0.4 is 10.4 Å². The molecule has 1 unspecified atom stereocenters. The molecule has 0 saturated heterocycles. The number of ketones is 1. The van der Waals surface area contributed by atoms with E-state index in [0.29, 0.717) is 11.1 Å². The molecule has 1 heterocycles. The van der Waals surface area contributed by atoms with E-state index in [9.17, 15) is 14.4 Å². The van der Waals surface area contributed by atoms with E-state index in [1.807, 2.05) is 0 Å². The normalized spacial score (nSPS) is 12.0. The van der Waals surface area contributed by atoms with Crippen molar-refractivity contribution in [2.24, 2.45) is 0 Å². The molecule has 1 aromatic carbocycles. The number of fused-ring (bicyclic) bond motifs is 1. The SMILES string of the molecule is CCOC(=O)C(C)Oc1ccc2cc(C(C)=O)c(=O)oc2c1. The fourth-order valence-corrected chi connectivity index (χ4v) is 1.92. The van der Waals surface area contributed by atoms with Gasteiger partial charge in [-0.2, -0.15) is 0 Å². The number of esters is 1. The van der Waals surface area contributed by atoms with Crippen molar-refractivity contribution in [2.45, 2.75) is 26.9 Å². The third-order valence-electron chi connectivity index (χ3n) is 3.02. The van der Waals surface area contributed by atoms with Gasteiger partial charge in [-0.15, -0.1) is 0 Å². The minimum Gasteiger partial charge on any atom is -0.479 e. The van der Waals surface area contributed by atoms with Crippen molar-refractivity contribution in [3.05, 3.63) is 40.2 Å². The fourth-order valence-electron chi connectivity index (χ4n) is 1.92. The molecule has 6 nitrogen and oxygen atoms in total. The lowest BCUT2D eigenvalue weighted by Crippen LogP contribution is -2.26. The maximum atomic E-state index is 11.7. The zero-order valence-corrected chi connectivity index (χ0v) is 12.5. The maximum Gasteiger partial charge on any atom is 0.347 e. The largest absolute Gasteiger partial charge is 0.479 e. The molecule has 2 rings (SSSR count). The van der Waals surface area contributed by atoms with Gasteiger partial charge in [0, 0.05) is 11.5 Å². The van der Waals surface area contributed by atoms with Crippen molar-refractivity contribution in [1.29, 1.82) is 0 Å². The Labute approximate surface area is 126 Å². The van der Waals surface area contributed by atoms with Crippen LogP contribution in [0.4, 0.5) is 0 Å². The van der Waals surface area contributed by atoms with Crippen molar-refractivity contribution >= 4 is 22.7 Å². The molecule has 0 fully saturated rings. The fraction of sp³-hybridized carbons (Fsp3) is 0.312. The summed E-state index contributed by atoms with van der Waals surface area (Å²) in [4.78, 5) is 34.5. The Morgan fingerprint density at radius 2 is 2.00 bits per heavy atom. The van der Waals surface area contributed by atoms with E-state index < -0.39 is 17.7 Å². The Hall–Kier alpha value is -2.63. The Kier molecular flexibility index (Phi) is 4.60. The van der Waals surface area contributed by atoms with E-state index >= 15 is 0 Å². The molecule has 6 heteroatoms. The smallest absolute Gasteiger partial charge is 0.347 e. The van der Waals surface area contributed by atoms with E-state index in [1.165, 1.54) is 19.1 Å². The second kappa shape index (κ2) is 6.43. The van der Waals surface area contributed by atoms with Gasteiger partial charge in [0.1, 0.15) is 16.9 Å². The van der Waals surface area contributed by atoms with Crippen LogP contribution in [-0.4, -0.2) is 24.5 Å². The number of Topliss-reactive ketones (excluding diaryl/α,β-unsaturated/α-hetero) is 1. The van der Waals surface area contributed by atoms with Gasteiger partial charge in [-0.1, -0.05) is 0 Å². The van der Waals surface area contributed by atoms with Gasteiger partial charge in [-0.25, -0.2) is 9.59 Å². The van der Waals surface area contributed by atoms with E-state index in [1.54, 1.807) is 26.0 Å². The van der Waals surface area contributed by atoms with Gasteiger partial charge < -0.3 is 13.9 Å². The summed E-state index contributed by atoms with van der Waals surface area (Å²) in [6.07, 6.45) is -0.777. The predicted octanol–water partition coefficient (Wildman–Crippen LogP) is 2.33. The average Bonchev–Trinajstić information content (AvgIpc) is 2.46. The van der Waals surface area contributed by atoms with Crippen LogP contribution in [0.25, 0.3) is 11.0 Å². The molecule has 0 saturated carbocycles. The van der Waals surface area contributed by atoms with Crippen LogP contribution in [0.15, 0.2) is 33.5 Å². The number of benzene rings is 1. The quantitative estimate of drug-likeness (QED) is 0.479. The lowest BCUT2D eigenvalue weighted by Gasteiger charge is -2.13. The van der Waals surface area contributed by atoms with Gasteiger partial charge in [0.2, 0.25) is 0 Å². The maximum absolute atomic E-state index is 11.7.